The van der Waals surface area contributed by atoms with E-state index in [0.29, 0.717) is 5.92 Å². The Bertz CT molecular complexity index is 758. The summed E-state index contributed by atoms with van der Waals surface area (Å²) in [4.78, 5) is 2.49. The van der Waals surface area contributed by atoms with Crippen LogP contribution in [0.25, 0.3) is 0 Å². The maximum Gasteiger partial charge on any atom is 0.123 e. The number of hydrogen-bond acceptors (Lipinski definition) is 2. The maximum atomic E-state index is 5.40. The zero-order valence-electron chi connectivity index (χ0n) is 15.4. The minimum Gasteiger partial charge on any atom is -0.496 e. The molecule has 1 aromatic carbocycles. The Kier molecular flexibility index (Phi) is 4.56. The highest BCUT2D eigenvalue weighted by Crippen LogP contribution is 2.34. The van der Waals surface area contributed by atoms with Crippen molar-refractivity contribution in [1.29, 1.82) is 0 Å². The molecule has 0 radical (unpaired) electrons. The average Bonchev–Trinajstić information content (AvgIpc) is 3.01. The van der Waals surface area contributed by atoms with Gasteiger partial charge in [0.1, 0.15) is 5.75 Å². The van der Waals surface area contributed by atoms with Gasteiger partial charge in [0.2, 0.25) is 0 Å². The van der Waals surface area contributed by atoms with Crippen molar-refractivity contribution in [1.82, 2.24) is 4.90 Å². The summed E-state index contributed by atoms with van der Waals surface area (Å²) >= 11 is 0. The van der Waals surface area contributed by atoms with Crippen molar-refractivity contribution >= 4 is 0 Å². The van der Waals surface area contributed by atoms with Crippen LogP contribution in [0.2, 0.25) is 0 Å². The summed E-state index contributed by atoms with van der Waals surface area (Å²) < 4.78 is 5.40. The van der Waals surface area contributed by atoms with Gasteiger partial charge in [-0.1, -0.05) is 37.0 Å². The lowest BCUT2D eigenvalue weighted by atomic mass is 9.90. The molecule has 0 fully saturated rings. The topological polar surface area (TPSA) is 12.5 Å². The first kappa shape index (κ1) is 16.9. The molecule has 2 heteroatoms. The van der Waals surface area contributed by atoms with E-state index in [1.165, 1.54) is 12.0 Å². The molecule has 0 saturated carbocycles. The number of allylic oxidation sites excluding steroid dienone is 1. The Hall–Kier alpha value is -1.98. The molecular formula is C22H27NO. The molecule has 2 aliphatic rings. The van der Waals surface area contributed by atoms with E-state index >= 15 is 0 Å². The quantitative estimate of drug-likeness (QED) is 0.751. The van der Waals surface area contributed by atoms with E-state index in [0.717, 1.165) is 30.0 Å². The molecule has 0 spiro atoms. The van der Waals surface area contributed by atoms with Gasteiger partial charge in [0.25, 0.3) is 0 Å². The molecule has 126 valence electrons. The summed E-state index contributed by atoms with van der Waals surface area (Å²) in [5.74, 6) is 8.40. The van der Waals surface area contributed by atoms with E-state index in [4.69, 9.17) is 4.74 Å². The molecule has 24 heavy (non-hydrogen) atoms. The second-order valence-corrected chi connectivity index (χ2v) is 7.44. The maximum absolute atomic E-state index is 5.40. The number of benzene rings is 1. The van der Waals surface area contributed by atoms with Crippen LogP contribution in [-0.4, -0.2) is 30.6 Å². The molecule has 1 aliphatic carbocycles. The van der Waals surface area contributed by atoms with Gasteiger partial charge in [-0.2, -0.15) is 0 Å². The third-order valence-corrected chi connectivity index (χ3v) is 5.25. The van der Waals surface area contributed by atoms with Crippen LogP contribution >= 0.6 is 0 Å². The first-order chi connectivity index (χ1) is 11.4. The van der Waals surface area contributed by atoms with Gasteiger partial charge in [0, 0.05) is 18.7 Å². The molecule has 3 rings (SSSR count). The monoisotopic (exact) mass is 321 g/mol. The number of rotatable bonds is 2. The zero-order valence-corrected chi connectivity index (χ0v) is 15.4. The molecule has 0 bridgehead atoms. The average molecular weight is 321 g/mol. The van der Waals surface area contributed by atoms with Crippen molar-refractivity contribution < 1.29 is 4.74 Å². The van der Waals surface area contributed by atoms with Gasteiger partial charge in [0.15, 0.2) is 0 Å². The highest BCUT2D eigenvalue weighted by Gasteiger charge is 2.33. The number of hydrogen-bond donors (Lipinski definition) is 0. The first-order valence-electron chi connectivity index (χ1n) is 8.72. The third-order valence-electron chi connectivity index (χ3n) is 5.25. The van der Waals surface area contributed by atoms with E-state index in [9.17, 15) is 0 Å². The largest absolute Gasteiger partial charge is 0.496 e. The Morgan fingerprint density at radius 3 is 2.75 bits per heavy atom. The van der Waals surface area contributed by atoms with Crippen LogP contribution in [0, 0.1) is 24.7 Å². The molecule has 1 aromatic rings. The lowest BCUT2D eigenvalue weighted by molar-refractivity contribution is 0.216. The van der Waals surface area contributed by atoms with Gasteiger partial charge >= 0.3 is 0 Å². The van der Waals surface area contributed by atoms with Crippen LogP contribution in [0.1, 0.15) is 38.3 Å². The fraction of sp³-hybridized carbons (Fsp3) is 0.455. The predicted octanol–water partition coefficient (Wildman–Crippen LogP) is 4.34. The fourth-order valence-corrected chi connectivity index (χ4v) is 3.46. The summed E-state index contributed by atoms with van der Waals surface area (Å²) in [6, 6.07) is 6.16. The summed E-state index contributed by atoms with van der Waals surface area (Å²) in [5.41, 5.74) is 5.10. The number of methoxy groups -OCH3 is 1. The summed E-state index contributed by atoms with van der Waals surface area (Å²) in [6.07, 6.45) is 5.79. The smallest absolute Gasteiger partial charge is 0.123 e. The standard InChI is InChI=1S/C22H27NO/c1-16-7-6-8-19-14-23(15-20(16)19)22(3,4)12-11-18-10-9-17(2)21(13-18)24-5/h6,8-10,13,16H,7,14-15H2,1-5H3. The van der Waals surface area contributed by atoms with E-state index in [-0.39, 0.29) is 5.54 Å². The van der Waals surface area contributed by atoms with Crippen molar-refractivity contribution in [2.75, 3.05) is 20.2 Å². The molecule has 1 aliphatic heterocycles. The third kappa shape index (κ3) is 3.28. The first-order valence-corrected chi connectivity index (χ1v) is 8.72. The van der Waals surface area contributed by atoms with E-state index in [1.54, 1.807) is 12.7 Å². The molecule has 2 nitrogen and oxygen atoms in total. The van der Waals surface area contributed by atoms with Gasteiger partial charge in [-0.3, -0.25) is 4.90 Å². The highest BCUT2D eigenvalue weighted by atomic mass is 16.5. The van der Waals surface area contributed by atoms with E-state index in [2.05, 4.69) is 68.7 Å². The van der Waals surface area contributed by atoms with Crippen molar-refractivity contribution in [2.45, 2.75) is 39.7 Å². The zero-order chi connectivity index (χ0) is 17.3. The highest BCUT2D eigenvalue weighted by molar-refractivity contribution is 5.45. The lowest BCUT2D eigenvalue weighted by Crippen LogP contribution is -2.41. The van der Waals surface area contributed by atoms with Crippen molar-refractivity contribution in [3.05, 3.63) is 52.6 Å². The minimum atomic E-state index is -0.150. The molecular weight excluding hydrogens is 294 g/mol. The molecule has 1 atom stereocenters. The van der Waals surface area contributed by atoms with Crippen LogP contribution in [0.15, 0.2) is 41.5 Å². The summed E-state index contributed by atoms with van der Waals surface area (Å²) in [5, 5.41) is 0. The van der Waals surface area contributed by atoms with Gasteiger partial charge in [-0.25, -0.2) is 0 Å². The fourth-order valence-electron chi connectivity index (χ4n) is 3.46. The van der Waals surface area contributed by atoms with Crippen LogP contribution in [0.3, 0.4) is 0 Å². The number of ether oxygens (including phenoxy) is 1. The number of nitrogens with zero attached hydrogens (tertiary/aromatic N) is 1. The van der Waals surface area contributed by atoms with Gasteiger partial charge in [-0.15, -0.1) is 0 Å². The summed E-state index contributed by atoms with van der Waals surface area (Å²) in [6.45, 7) is 10.9. The second-order valence-electron chi connectivity index (χ2n) is 7.44. The Balaban J connectivity index is 1.77. The SMILES string of the molecule is COc1cc(C#CC(C)(C)N2CC3=C(C2)C(C)CC=C3)ccc1C. The number of aryl methyl sites for hydroxylation is 1. The van der Waals surface area contributed by atoms with Crippen LogP contribution in [0.4, 0.5) is 0 Å². The van der Waals surface area contributed by atoms with Crippen LogP contribution in [-0.2, 0) is 0 Å². The second kappa shape index (κ2) is 6.49. The van der Waals surface area contributed by atoms with Gasteiger partial charge in [0.05, 0.1) is 12.6 Å². The van der Waals surface area contributed by atoms with Crippen LogP contribution < -0.4 is 4.74 Å². The van der Waals surface area contributed by atoms with Crippen LogP contribution in [0.5, 0.6) is 5.75 Å². The Morgan fingerprint density at radius 1 is 1.25 bits per heavy atom. The normalized spacial score (nSPS) is 20.6. The summed E-state index contributed by atoms with van der Waals surface area (Å²) in [7, 11) is 1.71. The van der Waals surface area contributed by atoms with Crippen molar-refractivity contribution in [3.63, 3.8) is 0 Å². The molecule has 0 N–H and O–H groups in total. The molecule has 0 amide bonds. The van der Waals surface area contributed by atoms with Gasteiger partial charge < -0.3 is 4.74 Å². The molecule has 1 heterocycles. The molecule has 0 saturated heterocycles. The Morgan fingerprint density at radius 2 is 2.04 bits per heavy atom. The van der Waals surface area contributed by atoms with Gasteiger partial charge in [-0.05, 0) is 62.0 Å². The van der Waals surface area contributed by atoms with E-state index in [1.807, 2.05) is 6.07 Å². The van der Waals surface area contributed by atoms with E-state index < -0.39 is 0 Å². The predicted molar refractivity (Wildman–Crippen MR) is 100 cm³/mol. The Labute approximate surface area is 146 Å². The minimum absolute atomic E-state index is 0.150. The van der Waals surface area contributed by atoms with Crippen molar-refractivity contribution in [3.8, 4) is 17.6 Å². The molecule has 0 aromatic heterocycles. The molecule has 1 unspecified atom stereocenters. The lowest BCUT2D eigenvalue weighted by Gasteiger charge is -2.31. The van der Waals surface area contributed by atoms with Crippen molar-refractivity contribution in [2.24, 2.45) is 5.92 Å².